The van der Waals surface area contributed by atoms with Gasteiger partial charge in [0.05, 0.1) is 6.10 Å². The maximum Gasteiger partial charge on any atom is 0.0694 e. The molecule has 1 N–H and O–H groups in total. The summed E-state index contributed by atoms with van der Waals surface area (Å²) < 4.78 is 6.93. The molecule has 1 aliphatic carbocycles. The third kappa shape index (κ3) is 1.80. The van der Waals surface area contributed by atoms with Gasteiger partial charge in [-0.25, -0.2) is 0 Å². The van der Waals surface area contributed by atoms with Crippen molar-refractivity contribution in [2.24, 2.45) is 11.3 Å². The Morgan fingerprint density at radius 2 is 2.24 bits per heavy atom. The van der Waals surface area contributed by atoms with Gasteiger partial charge in [-0.1, -0.05) is 35.8 Å². The number of fused-ring (bicyclic) bond motifs is 1. The van der Waals surface area contributed by atoms with E-state index in [1.165, 1.54) is 12.1 Å². The minimum atomic E-state index is 0.240. The Hall–Kier alpha value is -0.540. The van der Waals surface area contributed by atoms with E-state index in [9.17, 15) is 0 Å². The Morgan fingerprint density at radius 1 is 1.41 bits per heavy atom. The summed E-state index contributed by atoms with van der Waals surface area (Å²) in [6.07, 6.45) is 1.65. The van der Waals surface area contributed by atoms with Crippen LogP contribution in [0.4, 0.5) is 5.69 Å². The number of hydrogen-bond acceptors (Lipinski definition) is 2. The fourth-order valence-electron chi connectivity index (χ4n) is 3.38. The van der Waals surface area contributed by atoms with Crippen molar-refractivity contribution in [3.05, 3.63) is 28.7 Å². The van der Waals surface area contributed by atoms with Gasteiger partial charge in [0, 0.05) is 34.1 Å². The molecule has 0 amide bonds. The van der Waals surface area contributed by atoms with Gasteiger partial charge in [-0.2, -0.15) is 0 Å². The summed E-state index contributed by atoms with van der Waals surface area (Å²) in [6.45, 7) is 5.53. The molecule has 1 aromatic carbocycles. The van der Waals surface area contributed by atoms with E-state index in [0.29, 0.717) is 18.1 Å². The van der Waals surface area contributed by atoms with E-state index in [-0.39, 0.29) is 5.41 Å². The van der Waals surface area contributed by atoms with E-state index in [4.69, 9.17) is 4.74 Å². The zero-order chi connectivity index (χ0) is 12.0. The molecule has 1 saturated carbocycles. The van der Waals surface area contributed by atoms with Crippen LogP contribution in [0.2, 0.25) is 0 Å². The zero-order valence-electron chi connectivity index (χ0n) is 10.2. The molecule has 1 heterocycles. The van der Waals surface area contributed by atoms with Crippen LogP contribution >= 0.6 is 15.9 Å². The summed E-state index contributed by atoms with van der Waals surface area (Å²) in [7, 11) is 0. The minimum absolute atomic E-state index is 0.240. The number of ether oxygens (including phenoxy) is 1. The molecule has 1 saturated heterocycles. The van der Waals surface area contributed by atoms with Crippen LogP contribution in [0.1, 0.15) is 20.3 Å². The van der Waals surface area contributed by atoms with Gasteiger partial charge in [0.2, 0.25) is 0 Å². The Balaban J connectivity index is 1.77. The highest BCUT2D eigenvalue weighted by atomic mass is 79.9. The number of halogens is 1. The second-order valence-corrected chi connectivity index (χ2v) is 6.61. The summed E-state index contributed by atoms with van der Waals surface area (Å²) in [5.41, 5.74) is 1.44. The highest BCUT2D eigenvalue weighted by Gasteiger charge is 2.59. The summed E-state index contributed by atoms with van der Waals surface area (Å²) in [4.78, 5) is 0. The predicted octanol–water partition coefficient (Wildman–Crippen LogP) is 3.67. The Kier molecular flexibility index (Phi) is 2.71. The van der Waals surface area contributed by atoms with E-state index < -0.39 is 0 Å². The van der Waals surface area contributed by atoms with Gasteiger partial charge in [0.25, 0.3) is 0 Å². The molecule has 0 bridgehead atoms. The molecule has 0 aromatic heterocycles. The fraction of sp³-hybridized carbons (Fsp3) is 0.571. The lowest BCUT2D eigenvalue weighted by atomic mass is 9.57. The summed E-state index contributed by atoms with van der Waals surface area (Å²) in [5.74, 6) is 0.684. The summed E-state index contributed by atoms with van der Waals surface area (Å²) in [5, 5.41) is 3.67. The van der Waals surface area contributed by atoms with Crippen LogP contribution in [-0.4, -0.2) is 18.8 Å². The van der Waals surface area contributed by atoms with Crippen molar-refractivity contribution >= 4 is 21.6 Å². The van der Waals surface area contributed by atoms with Gasteiger partial charge in [-0.3, -0.25) is 0 Å². The number of anilines is 1. The SMILES string of the molecule is CC1(C)C(Nc2cccc(Br)c2)C2CCOC21. The van der Waals surface area contributed by atoms with Crippen LogP contribution in [0.25, 0.3) is 0 Å². The third-order valence-corrected chi connectivity index (χ3v) is 4.74. The van der Waals surface area contributed by atoms with Gasteiger partial charge in [-0.15, -0.1) is 0 Å². The quantitative estimate of drug-likeness (QED) is 0.899. The van der Waals surface area contributed by atoms with Gasteiger partial charge in [0.15, 0.2) is 0 Å². The first-order valence-electron chi connectivity index (χ1n) is 6.23. The monoisotopic (exact) mass is 295 g/mol. The lowest BCUT2D eigenvalue weighted by Crippen LogP contribution is -2.63. The molecule has 3 unspecified atom stereocenters. The molecule has 1 aliphatic heterocycles. The van der Waals surface area contributed by atoms with E-state index >= 15 is 0 Å². The van der Waals surface area contributed by atoms with Crippen LogP contribution in [-0.2, 0) is 4.74 Å². The number of rotatable bonds is 2. The highest BCUT2D eigenvalue weighted by molar-refractivity contribution is 9.10. The largest absolute Gasteiger partial charge is 0.381 e. The van der Waals surface area contributed by atoms with Crippen LogP contribution in [0, 0.1) is 11.3 Å². The van der Waals surface area contributed by atoms with Crippen LogP contribution in [0.15, 0.2) is 28.7 Å². The lowest BCUT2D eigenvalue weighted by molar-refractivity contribution is -0.0923. The lowest BCUT2D eigenvalue weighted by Gasteiger charge is -2.55. The average molecular weight is 296 g/mol. The van der Waals surface area contributed by atoms with Crippen LogP contribution < -0.4 is 5.32 Å². The van der Waals surface area contributed by atoms with Crippen molar-refractivity contribution in [1.82, 2.24) is 0 Å². The van der Waals surface area contributed by atoms with Gasteiger partial charge in [0.1, 0.15) is 0 Å². The third-order valence-electron chi connectivity index (χ3n) is 4.25. The molecule has 2 nitrogen and oxygen atoms in total. The fourth-order valence-corrected chi connectivity index (χ4v) is 3.77. The van der Waals surface area contributed by atoms with Crippen molar-refractivity contribution in [3.63, 3.8) is 0 Å². The molecule has 2 aliphatic rings. The Bertz CT molecular complexity index is 432. The first kappa shape index (κ1) is 11.5. The molecule has 3 atom stereocenters. The molecule has 92 valence electrons. The van der Waals surface area contributed by atoms with Crippen LogP contribution in [0.5, 0.6) is 0 Å². The van der Waals surface area contributed by atoms with Crippen molar-refractivity contribution in [2.75, 3.05) is 11.9 Å². The minimum Gasteiger partial charge on any atom is -0.381 e. The molecule has 0 spiro atoms. The maximum atomic E-state index is 5.81. The zero-order valence-corrected chi connectivity index (χ0v) is 11.8. The smallest absolute Gasteiger partial charge is 0.0694 e. The van der Waals surface area contributed by atoms with Crippen LogP contribution in [0.3, 0.4) is 0 Å². The highest BCUT2D eigenvalue weighted by Crippen LogP contribution is 2.53. The molecule has 0 radical (unpaired) electrons. The normalized spacial score (nSPS) is 33.9. The number of nitrogens with one attached hydrogen (secondary N) is 1. The molecular formula is C14H18BrNO. The standard InChI is InChI=1S/C14H18BrNO/c1-14(2)12(11-6-7-17-13(11)14)16-10-5-3-4-9(15)8-10/h3-5,8,11-13,16H,6-7H2,1-2H3. The number of benzene rings is 1. The average Bonchev–Trinajstić information content (AvgIpc) is 2.72. The second kappa shape index (κ2) is 3.99. The Labute approximate surface area is 111 Å². The van der Waals surface area contributed by atoms with E-state index in [2.05, 4.69) is 59.4 Å². The Morgan fingerprint density at radius 3 is 3.00 bits per heavy atom. The van der Waals surface area contributed by atoms with E-state index in [1.54, 1.807) is 0 Å². The van der Waals surface area contributed by atoms with Crippen molar-refractivity contribution in [3.8, 4) is 0 Å². The molecule has 2 fully saturated rings. The number of hydrogen-bond donors (Lipinski definition) is 1. The molecule has 17 heavy (non-hydrogen) atoms. The predicted molar refractivity (Wildman–Crippen MR) is 73.2 cm³/mol. The van der Waals surface area contributed by atoms with Crippen molar-refractivity contribution in [1.29, 1.82) is 0 Å². The molecular weight excluding hydrogens is 278 g/mol. The molecule has 1 aromatic rings. The van der Waals surface area contributed by atoms with E-state index in [0.717, 1.165) is 11.1 Å². The van der Waals surface area contributed by atoms with Crippen molar-refractivity contribution < 1.29 is 4.74 Å². The molecule has 3 rings (SSSR count). The van der Waals surface area contributed by atoms with Crippen molar-refractivity contribution in [2.45, 2.75) is 32.4 Å². The first-order chi connectivity index (χ1) is 8.09. The van der Waals surface area contributed by atoms with Gasteiger partial charge < -0.3 is 10.1 Å². The van der Waals surface area contributed by atoms with Gasteiger partial charge >= 0.3 is 0 Å². The van der Waals surface area contributed by atoms with E-state index in [1.807, 2.05) is 0 Å². The maximum absolute atomic E-state index is 5.81. The topological polar surface area (TPSA) is 21.3 Å². The first-order valence-corrected chi connectivity index (χ1v) is 7.02. The van der Waals surface area contributed by atoms with Gasteiger partial charge in [-0.05, 0) is 24.6 Å². The molecule has 3 heteroatoms. The second-order valence-electron chi connectivity index (χ2n) is 5.70. The summed E-state index contributed by atoms with van der Waals surface area (Å²) >= 11 is 3.51. The summed E-state index contributed by atoms with van der Waals surface area (Å²) in [6, 6.07) is 8.92.